The topological polar surface area (TPSA) is 42.1 Å². The third-order valence-corrected chi connectivity index (χ3v) is 3.81. The molecule has 18 heavy (non-hydrogen) atoms. The largest absolute Gasteiger partial charge is 0.375 e. The molecule has 0 atom stereocenters. The van der Waals surface area contributed by atoms with E-state index in [-0.39, 0.29) is 0 Å². The van der Waals surface area contributed by atoms with Gasteiger partial charge in [0.05, 0.1) is 5.69 Å². The lowest BCUT2D eigenvalue weighted by atomic mass is 10.2. The number of anilines is 1. The maximum Gasteiger partial charge on any atom is 0.180 e. The van der Waals surface area contributed by atoms with Gasteiger partial charge in [0, 0.05) is 29.9 Å². The maximum atomic E-state index is 6.13. The van der Waals surface area contributed by atoms with Crippen LogP contribution in [0.2, 0.25) is 5.02 Å². The summed E-state index contributed by atoms with van der Waals surface area (Å²) < 4.78 is 0. The monoisotopic (exact) mass is 281 g/mol. The third kappa shape index (κ3) is 3.70. The van der Waals surface area contributed by atoms with E-state index in [1.165, 1.54) is 11.3 Å². The van der Waals surface area contributed by atoms with Gasteiger partial charge in [-0.1, -0.05) is 29.8 Å². The van der Waals surface area contributed by atoms with Gasteiger partial charge in [-0.3, -0.25) is 0 Å². The van der Waals surface area contributed by atoms with Gasteiger partial charge in [-0.05, 0) is 18.7 Å². The van der Waals surface area contributed by atoms with Crippen molar-refractivity contribution in [1.82, 2.24) is 9.88 Å². The smallest absolute Gasteiger partial charge is 0.180 e. The normalized spacial score (nSPS) is 11.1. The first-order chi connectivity index (χ1) is 8.65. The zero-order chi connectivity index (χ0) is 13.0. The van der Waals surface area contributed by atoms with Crippen LogP contribution in [0.1, 0.15) is 11.3 Å². The maximum absolute atomic E-state index is 6.13. The molecule has 2 aromatic rings. The van der Waals surface area contributed by atoms with Crippen LogP contribution in [0.4, 0.5) is 5.13 Å². The van der Waals surface area contributed by atoms with Crippen molar-refractivity contribution in [1.29, 1.82) is 0 Å². The molecule has 0 saturated heterocycles. The fraction of sp³-hybridized carbons (Fsp3) is 0.308. The highest BCUT2D eigenvalue weighted by Crippen LogP contribution is 2.17. The highest BCUT2D eigenvalue weighted by molar-refractivity contribution is 7.13. The standard InChI is InChI=1S/C13H16ClN3S/c1-17(7-6-11-9-18-13(15)16-11)8-10-4-2-3-5-12(10)14/h2-5,9H,6-8H2,1H3,(H2,15,16). The molecule has 5 heteroatoms. The van der Waals surface area contributed by atoms with Crippen LogP contribution in [0.25, 0.3) is 0 Å². The van der Waals surface area contributed by atoms with Crippen LogP contribution >= 0.6 is 22.9 Å². The summed E-state index contributed by atoms with van der Waals surface area (Å²) in [5.41, 5.74) is 7.82. The molecule has 0 amide bonds. The predicted molar refractivity (Wildman–Crippen MR) is 78.0 cm³/mol. The van der Waals surface area contributed by atoms with Gasteiger partial charge in [-0.15, -0.1) is 11.3 Å². The fourth-order valence-electron chi connectivity index (χ4n) is 1.74. The van der Waals surface area contributed by atoms with Crippen LogP contribution in [0.5, 0.6) is 0 Å². The third-order valence-electron chi connectivity index (χ3n) is 2.72. The number of benzene rings is 1. The van der Waals surface area contributed by atoms with Crippen LogP contribution in [0.15, 0.2) is 29.6 Å². The van der Waals surface area contributed by atoms with Crippen molar-refractivity contribution in [3.63, 3.8) is 0 Å². The van der Waals surface area contributed by atoms with Gasteiger partial charge in [0.25, 0.3) is 0 Å². The number of rotatable bonds is 5. The number of likely N-dealkylation sites (N-methyl/N-ethyl adjacent to an activating group) is 1. The number of nitrogen functional groups attached to an aromatic ring is 1. The quantitative estimate of drug-likeness (QED) is 0.916. The Morgan fingerprint density at radius 1 is 1.39 bits per heavy atom. The molecule has 96 valence electrons. The second-order valence-corrected chi connectivity index (χ2v) is 5.55. The summed E-state index contributed by atoms with van der Waals surface area (Å²) in [5.74, 6) is 0. The van der Waals surface area contributed by atoms with E-state index in [0.29, 0.717) is 5.13 Å². The van der Waals surface area contributed by atoms with Crippen LogP contribution in [-0.4, -0.2) is 23.5 Å². The van der Waals surface area contributed by atoms with Crippen molar-refractivity contribution in [2.75, 3.05) is 19.3 Å². The van der Waals surface area contributed by atoms with E-state index in [2.05, 4.69) is 23.0 Å². The highest BCUT2D eigenvalue weighted by Gasteiger charge is 2.05. The molecule has 0 bridgehead atoms. The van der Waals surface area contributed by atoms with Crippen LogP contribution < -0.4 is 5.73 Å². The lowest BCUT2D eigenvalue weighted by Gasteiger charge is -2.16. The summed E-state index contributed by atoms with van der Waals surface area (Å²) in [6, 6.07) is 7.94. The van der Waals surface area contributed by atoms with Crippen molar-refractivity contribution in [2.24, 2.45) is 0 Å². The van der Waals surface area contributed by atoms with E-state index in [1.54, 1.807) is 0 Å². The molecule has 0 aliphatic rings. The molecule has 0 unspecified atom stereocenters. The molecule has 0 aliphatic carbocycles. The van der Waals surface area contributed by atoms with Crippen LogP contribution in [-0.2, 0) is 13.0 Å². The van der Waals surface area contributed by atoms with Crippen LogP contribution in [0, 0.1) is 0 Å². The van der Waals surface area contributed by atoms with E-state index in [0.717, 1.165) is 35.8 Å². The Balaban J connectivity index is 1.85. The number of nitrogens with zero attached hydrogens (tertiary/aromatic N) is 2. The number of thiazole rings is 1. The minimum Gasteiger partial charge on any atom is -0.375 e. The van der Waals surface area contributed by atoms with Gasteiger partial charge >= 0.3 is 0 Å². The summed E-state index contributed by atoms with van der Waals surface area (Å²) in [5, 5.41) is 3.47. The number of hydrogen-bond acceptors (Lipinski definition) is 4. The fourth-order valence-corrected chi connectivity index (χ4v) is 2.53. The van der Waals surface area contributed by atoms with Crippen molar-refractivity contribution in [2.45, 2.75) is 13.0 Å². The molecule has 0 radical (unpaired) electrons. The summed E-state index contributed by atoms with van der Waals surface area (Å²) in [7, 11) is 2.08. The zero-order valence-corrected chi connectivity index (χ0v) is 11.8. The summed E-state index contributed by atoms with van der Waals surface area (Å²) in [6.45, 7) is 1.79. The highest BCUT2D eigenvalue weighted by atomic mass is 35.5. The lowest BCUT2D eigenvalue weighted by molar-refractivity contribution is 0.330. The molecular weight excluding hydrogens is 266 g/mol. The average Bonchev–Trinajstić information content (AvgIpc) is 2.76. The molecule has 2 N–H and O–H groups in total. The average molecular weight is 282 g/mol. The Kier molecular flexibility index (Phi) is 4.58. The first kappa shape index (κ1) is 13.3. The molecule has 2 rings (SSSR count). The second kappa shape index (κ2) is 6.18. The summed E-state index contributed by atoms with van der Waals surface area (Å²) in [4.78, 5) is 6.48. The van der Waals surface area contributed by atoms with E-state index < -0.39 is 0 Å². The van der Waals surface area contributed by atoms with Crippen molar-refractivity contribution in [3.8, 4) is 0 Å². The molecule has 0 spiro atoms. The second-order valence-electron chi connectivity index (χ2n) is 4.26. The Labute approximate surface area is 116 Å². The minimum absolute atomic E-state index is 0.638. The van der Waals surface area contributed by atoms with E-state index >= 15 is 0 Å². The molecular formula is C13H16ClN3S. The lowest BCUT2D eigenvalue weighted by Crippen LogP contribution is -2.21. The van der Waals surface area contributed by atoms with Crippen molar-refractivity contribution in [3.05, 3.63) is 45.9 Å². The Morgan fingerprint density at radius 2 is 2.17 bits per heavy atom. The predicted octanol–water partition coefficient (Wildman–Crippen LogP) is 3.05. The Morgan fingerprint density at radius 3 is 2.83 bits per heavy atom. The van der Waals surface area contributed by atoms with E-state index in [1.807, 2.05) is 23.6 Å². The molecule has 1 heterocycles. The molecule has 0 saturated carbocycles. The van der Waals surface area contributed by atoms with Crippen molar-refractivity contribution >= 4 is 28.1 Å². The van der Waals surface area contributed by atoms with Crippen molar-refractivity contribution < 1.29 is 0 Å². The van der Waals surface area contributed by atoms with Gasteiger partial charge < -0.3 is 10.6 Å². The van der Waals surface area contributed by atoms with Crippen LogP contribution in [0.3, 0.4) is 0 Å². The number of hydrogen-bond donors (Lipinski definition) is 1. The number of nitrogens with two attached hydrogens (primary N) is 1. The molecule has 0 fully saturated rings. The number of aromatic nitrogens is 1. The van der Waals surface area contributed by atoms with E-state index in [9.17, 15) is 0 Å². The van der Waals surface area contributed by atoms with Gasteiger partial charge in [0.1, 0.15) is 0 Å². The van der Waals surface area contributed by atoms with Gasteiger partial charge in [-0.25, -0.2) is 4.98 Å². The SMILES string of the molecule is CN(CCc1csc(N)n1)Cc1ccccc1Cl. The van der Waals surface area contributed by atoms with Gasteiger partial charge in [-0.2, -0.15) is 0 Å². The zero-order valence-electron chi connectivity index (χ0n) is 10.3. The molecule has 3 nitrogen and oxygen atoms in total. The minimum atomic E-state index is 0.638. The Hall–Kier alpha value is -1.10. The summed E-state index contributed by atoms with van der Waals surface area (Å²) >= 11 is 7.62. The van der Waals surface area contributed by atoms with Gasteiger partial charge in [0.2, 0.25) is 0 Å². The molecule has 0 aliphatic heterocycles. The van der Waals surface area contributed by atoms with Gasteiger partial charge in [0.15, 0.2) is 5.13 Å². The van der Waals surface area contributed by atoms with E-state index in [4.69, 9.17) is 17.3 Å². The first-order valence-electron chi connectivity index (χ1n) is 5.77. The first-order valence-corrected chi connectivity index (χ1v) is 7.03. The Bertz CT molecular complexity index is 512. The summed E-state index contributed by atoms with van der Waals surface area (Å²) in [6.07, 6.45) is 0.911. The number of halogens is 1. The molecule has 1 aromatic carbocycles. The molecule has 1 aromatic heterocycles.